The molecule has 0 bridgehead atoms. The molecule has 1 saturated heterocycles. The molecule has 0 spiro atoms. The summed E-state index contributed by atoms with van der Waals surface area (Å²) in [6.07, 6.45) is 6.55. The number of aryl methyl sites for hydroxylation is 1. The minimum absolute atomic E-state index is 0.0861. The van der Waals surface area contributed by atoms with Crippen LogP contribution in [0, 0.1) is 12.7 Å². The molecule has 1 saturated carbocycles. The molecule has 2 atom stereocenters. The van der Waals surface area contributed by atoms with Gasteiger partial charge in [-0.2, -0.15) is 4.98 Å². The molecule has 1 aromatic carbocycles. The Bertz CT molecular complexity index is 1070. The summed E-state index contributed by atoms with van der Waals surface area (Å²) in [5.41, 5.74) is 1.35. The number of aromatic nitrogens is 3. The smallest absolute Gasteiger partial charge is 0.261 e. The van der Waals surface area contributed by atoms with E-state index in [1.54, 1.807) is 13.0 Å². The molecule has 31 heavy (non-hydrogen) atoms. The summed E-state index contributed by atoms with van der Waals surface area (Å²) in [5.74, 6) is 1.23. The van der Waals surface area contributed by atoms with Crippen LogP contribution in [0.15, 0.2) is 28.8 Å². The Labute approximate surface area is 180 Å². The number of nitrogens with one attached hydrogen (secondary N) is 1. The molecule has 2 fully saturated rings. The van der Waals surface area contributed by atoms with Crippen molar-refractivity contribution in [3.63, 3.8) is 0 Å². The van der Waals surface area contributed by atoms with Crippen molar-refractivity contribution in [2.24, 2.45) is 0 Å². The second-order valence-corrected chi connectivity index (χ2v) is 8.75. The Balaban J connectivity index is 1.43. The first kappa shape index (κ1) is 20.3. The first-order valence-corrected chi connectivity index (χ1v) is 11.2. The van der Waals surface area contributed by atoms with Crippen LogP contribution in [-0.4, -0.2) is 51.5 Å². The Morgan fingerprint density at radius 2 is 1.97 bits per heavy atom. The molecule has 7 nitrogen and oxygen atoms in total. The highest BCUT2D eigenvalue weighted by Gasteiger charge is 2.32. The van der Waals surface area contributed by atoms with E-state index in [4.69, 9.17) is 9.51 Å². The van der Waals surface area contributed by atoms with Gasteiger partial charge in [-0.1, -0.05) is 24.4 Å². The quantitative estimate of drug-likeness (QED) is 0.660. The fourth-order valence-corrected chi connectivity index (χ4v) is 4.83. The van der Waals surface area contributed by atoms with Crippen molar-refractivity contribution < 1.29 is 14.0 Å². The summed E-state index contributed by atoms with van der Waals surface area (Å²) in [6, 6.07) is 6.96. The predicted molar refractivity (Wildman–Crippen MR) is 116 cm³/mol. The van der Waals surface area contributed by atoms with Gasteiger partial charge in [0.15, 0.2) is 5.82 Å². The zero-order valence-electron chi connectivity index (χ0n) is 17.7. The van der Waals surface area contributed by atoms with Gasteiger partial charge in [0.2, 0.25) is 0 Å². The van der Waals surface area contributed by atoms with Crippen LogP contribution in [0.25, 0.3) is 22.4 Å². The van der Waals surface area contributed by atoms with Crippen LogP contribution in [0.5, 0.6) is 0 Å². The van der Waals surface area contributed by atoms with Crippen LogP contribution >= 0.6 is 0 Å². The monoisotopic (exact) mass is 425 g/mol. The van der Waals surface area contributed by atoms with E-state index in [9.17, 15) is 9.50 Å². The number of rotatable bonds is 4. The van der Waals surface area contributed by atoms with Crippen molar-refractivity contribution in [1.29, 1.82) is 0 Å². The second kappa shape index (κ2) is 8.51. The number of halogens is 1. The maximum atomic E-state index is 13.8. The highest BCUT2D eigenvalue weighted by molar-refractivity contribution is 5.88. The summed E-state index contributed by atoms with van der Waals surface area (Å²) in [4.78, 5) is 11.2. The standard InChI is InChI=1S/C23H28FN5O2/c1-14-25-23(31-28-14)18-12-15-11-16(24)7-8-19(15)27-22(18)29-10-9-20(21(30)13-29)26-17-5-3-2-4-6-17/h7-8,11-12,17,20-21,26,30H,2-6,9-10,13H2,1H3/t20-,21+/m0/s1. The maximum Gasteiger partial charge on any atom is 0.261 e. The number of pyridine rings is 1. The van der Waals surface area contributed by atoms with Crippen molar-refractivity contribution in [2.45, 2.75) is 63.6 Å². The molecule has 3 aromatic rings. The third-order valence-corrected chi connectivity index (χ3v) is 6.45. The first-order valence-electron chi connectivity index (χ1n) is 11.2. The van der Waals surface area contributed by atoms with Gasteiger partial charge >= 0.3 is 0 Å². The minimum Gasteiger partial charge on any atom is -0.390 e. The molecular formula is C23H28FN5O2. The molecule has 0 unspecified atom stereocenters. The second-order valence-electron chi connectivity index (χ2n) is 8.75. The molecule has 5 rings (SSSR count). The number of hydrogen-bond acceptors (Lipinski definition) is 7. The van der Waals surface area contributed by atoms with Crippen LogP contribution in [0.4, 0.5) is 10.2 Å². The molecule has 2 N–H and O–H groups in total. The molecular weight excluding hydrogens is 397 g/mol. The molecule has 164 valence electrons. The van der Waals surface area contributed by atoms with E-state index in [0.717, 1.165) is 13.0 Å². The van der Waals surface area contributed by atoms with Crippen LogP contribution in [0.3, 0.4) is 0 Å². The molecule has 1 aliphatic carbocycles. The van der Waals surface area contributed by atoms with Gasteiger partial charge in [0, 0.05) is 30.6 Å². The lowest BCUT2D eigenvalue weighted by Gasteiger charge is -2.39. The molecule has 0 amide bonds. The Morgan fingerprint density at radius 3 is 2.71 bits per heavy atom. The number of aliphatic hydroxyl groups excluding tert-OH is 1. The lowest BCUT2D eigenvalue weighted by atomic mass is 9.92. The van der Waals surface area contributed by atoms with E-state index in [0.29, 0.717) is 46.6 Å². The number of β-amino-alcohol motifs (C(OH)–C–C–N with tert-alkyl or cyclic N) is 1. The normalized spacial score (nSPS) is 22.9. The molecule has 2 aliphatic rings. The number of piperidine rings is 1. The van der Waals surface area contributed by atoms with Gasteiger partial charge in [0.1, 0.15) is 11.6 Å². The number of aliphatic hydroxyl groups is 1. The lowest BCUT2D eigenvalue weighted by molar-refractivity contribution is 0.103. The Morgan fingerprint density at radius 1 is 1.13 bits per heavy atom. The number of fused-ring (bicyclic) bond motifs is 1. The zero-order valence-corrected chi connectivity index (χ0v) is 17.7. The van der Waals surface area contributed by atoms with E-state index in [1.807, 2.05) is 6.07 Å². The molecule has 2 aromatic heterocycles. The van der Waals surface area contributed by atoms with Gasteiger partial charge < -0.3 is 19.8 Å². The molecule has 3 heterocycles. The average Bonchev–Trinajstić information content (AvgIpc) is 3.21. The zero-order chi connectivity index (χ0) is 21.4. The fourth-order valence-electron chi connectivity index (χ4n) is 4.83. The van der Waals surface area contributed by atoms with Gasteiger partial charge in [-0.25, -0.2) is 9.37 Å². The first-order chi connectivity index (χ1) is 15.1. The average molecular weight is 426 g/mol. The van der Waals surface area contributed by atoms with Gasteiger partial charge in [-0.3, -0.25) is 0 Å². The number of benzene rings is 1. The van der Waals surface area contributed by atoms with Crippen LogP contribution in [0.1, 0.15) is 44.3 Å². The van der Waals surface area contributed by atoms with E-state index in [-0.39, 0.29) is 11.9 Å². The summed E-state index contributed by atoms with van der Waals surface area (Å²) in [5, 5.41) is 19.2. The van der Waals surface area contributed by atoms with Gasteiger partial charge in [-0.15, -0.1) is 0 Å². The minimum atomic E-state index is -0.501. The van der Waals surface area contributed by atoms with E-state index in [2.05, 4.69) is 20.4 Å². The lowest BCUT2D eigenvalue weighted by Crippen LogP contribution is -2.55. The summed E-state index contributed by atoms with van der Waals surface area (Å²) in [6.45, 7) is 2.97. The Hall–Kier alpha value is -2.58. The molecule has 1 aliphatic heterocycles. The number of hydrogen-bond donors (Lipinski definition) is 2. The third-order valence-electron chi connectivity index (χ3n) is 6.45. The molecule has 8 heteroatoms. The summed E-state index contributed by atoms with van der Waals surface area (Å²) in [7, 11) is 0. The van der Waals surface area contributed by atoms with Crippen molar-refractivity contribution in [1.82, 2.24) is 20.4 Å². The highest BCUT2D eigenvalue weighted by atomic mass is 19.1. The Kier molecular flexibility index (Phi) is 5.58. The SMILES string of the molecule is Cc1noc(-c2cc3cc(F)ccc3nc2N2CC[C@H](NC3CCCCC3)[C@H](O)C2)n1. The summed E-state index contributed by atoms with van der Waals surface area (Å²) >= 11 is 0. The topological polar surface area (TPSA) is 87.3 Å². The largest absolute Gasteiger partial charge is 0.390 e. The maximum absolute atomic E-state index is 13.8. The van der Waals surface area contributed by atoms with Gasteiger partial charge in [-0.05, 0) is 50.5 Å². The number of anilines is 1. The van der Waals surface area contributed by atoms with Crippen LogP contribution < -0.4 is 10.2 Å². The van der Waals surface area contributed by atoms with E-state index in [1.165, 1.54) is 44.2 Å². The van der Waals surface area contributed by atoms with Crippen molar-refractivity contribution in [2.75, 3.05) is 18.0 Å². The van der Waals surface area contributed by atoms with Crippen LogP contribution in [-0.2, 0) is 0 Å². The van der Waals surface area contributed by atoms with Crippen molar-refractivity contribution >= 4 is 16.7 Å². The van der Waals surface area contributed by atoms with E-state index < -0.39 is 6.10 Å². The number of nitrogens with zero attached hydrogens (tertiary/aromatic N) is 4. The van der Waals surface area contributed by atoms with Crippen molar-refractivity contribution in [3.05, 3.63) is 35.9 Å². The molecule has 0 radical (unpaired) electrons. The fraction of sp³-hybridized carbons (Fsp3) is 0.522. The third kappa shape index (κ3) is 4.27. The van der Waals surface area contributed by atoms with Crippen LogP contribution in [0.2, 0.25) is 0 Å². The van der Waals surface area contributed by atoms with Crippen molar-refractivity contribution in [3.8, 4) is 11.5 Å². The van der Waals surface area contributed by atoms with Gasteiger partial charge in [0.25, 0.3) is 5.89 Å². The highest BCUT2D eigenvalue weighted by Crippen LogP contribution is 2.33. The van der Waals surface area contributed by atoms with E-state index >= 15 is 0 Å². The summed E-state index contributed by atoms with van der Waals surface area (Å²) < 4.78 is 19.2. The van der Waals surface area contributed by atoms with Gasteiger partial charge in [0.05, 0.1) is 17.2 Å². The predicted octanol–water partition coefficient (Wildman–Crippen LogP) is 3.59.